The lowest BCUT2D eigenvalue weighted by molar-refractivity contribution is -0.123. The second-order valence-electron chi connectivity index (χ2n) is 5.78. The number of H-pyrrole nitrogens is 1. The second-order valence-corrected chi connectivity index (χ2v) is 5.78. The summed E-state index contributed by atoms with van der Waals surface area (Å²) >= 11 is 0. The minimum atomic E-state index is -0.259. The number of pyridine rings is 1. The summed E-state index contributed by atoms with van der Waals surface area (Å²) in [6, 6.07) is 7.74. The fourth-order valence-electron chi connectivity index (χ4n) is 2.35. The Morgan fingerprint density at radius 3 is 2.57 bits per heavy atom. The first-order valence-electron chi connectivity index (χ1n) is 7.53. The van der Waals surface area contributed by atoms with Crippen LogP contribution in [0.15, 0.2) is 29.1 Å². The summed E-state index contributed by atoms with van der Waals surface area (Å²) in [6.07, 6.45) is 0. The van der Waals surface area contributed by atoms with Gasteiger partial charge in [-0.15, -0.1) is 0 Å². The van der Waals surface area contributed by atoms with Gasteiger partial charge in [0.25, 0.3) is 11.5 Å². The predicted molar refractivity (Wildman–Crippen MR) is 89.8 cm³/mol. The number of hydrogen-bond donors (Lipinski definition) is 2. The molecule has 0 bridgehead atoms. The number of aromatic nitrogens is 1. The summed E-state index contributed by atoms with van der Waals surface area (Å²) in [5, 5.41) is 2.72. The molecule has 0 unspecified atom stereocenters. The van der Waals surface area contributed by atoms with E-state index in [1.54, 1.807) is 0 Å². The molecule has 0 radical (unpaired) electrons. The third-order valence-electron chi connectivity index (χ3n) is 3.66. The highest BCUT2D eigenvalue weighted by atomic mass is 16.5. The normalized spacial score (nSPS) is 10.4. The first-order chi connectivity index (χ1) is 10.9. The molecule has 1 heterocycles. The molecule has 0 saturated heterocycles. The number of carbonyl (C=O) groups is 1. The van der Waals surface area contributed by atoms with Gasteiger partial charge in [-0.3, -0.25) is 9.59 Å². The standard InChI is InChI=1S/C18H22N2O3/c1-11-5-6-12(2)16(7-11)23-10-17(21)19-9-15-13(3)8-14(4)20-18(15)22/h5-8H,9-10H2,1-4H3,(H,19,21)(H,20,22). The lowest BCUT2D eigenvalue weighted by Crippen LogP contribution is -2.31. The summed E-state index contributed by atoms with van der Waals surface area (Å²) in [5.41, 5.74) is 4.12. The van der Waals surface area contributed by atoms with Crippen molar-refractivity contribution >= 4 is 5.91 Å². The van der Waals surface area contributed by atoms with Crippen LogP contribution in [0.2, 0.25) is 0 Å². The minimum absolute atomic E-state index is 0.0763. The maximum atomic E-state index is 11.9. The molecule has 2 rings (SSSR count). The lowest BCUT2D eigenvalue weighted by atomic mass is 10.1. The van der Waals surface area contributed by atoms with Crippen LogP contribution in [0.5, 0.6) is 5.75 Å². The SMILES string of the molecule is Cc1ccc(C)c(OCC(=O)NCc2c(C)cc(C)[nH]c2=O)c1. The van der Waals surface area contributed by atoms with Gasteiger partial charge in [-0.2, -0.15) is 0 Å². The van der Waals surface area contributed by atoms with Gasteiger partial charge in [-0.25, -0.2) is 0 Å². The fourth-order valence-corrected chi connectivity index (χ4v) is 2.35. The van der Waals surface area contributed by atoms with E-state index in [2.05, 4.69) is 10.3 Å². The Labute approximate surface area is 135 Å². The zero-order valence-electron chi connectivity index (χ0n) is 13.9. The largest absolute Gasteiger partial charge is 0.483 e. The Kier molecular flexibility index (Phi) is 5.21. The Morgan fingerprint density at radius 1 is 1.13 bits per heavy atom. The molecule has 23 heavy (non-hydrogen) atoms. The van der Waals surface area contributed by atoms with Gasteiger partial charge in [0, 0.05) is 17.8 Å². The zero-order valence-corrected chi connectivity index (χ0v) is 13.9. The summed E-state index contributed by atoms with van der Waals surface area (Å²) in [6.45, 7) is 7.70. The molecule has 5 nitrogen and oxygen atoms in total. The topological polar surface area (TPSA) is 71.2 Å². The summed E-state index contributed by atoms with van der Waals surface area (Å²) < 4.78 is 5.55. The van der Waals surface area contributed by atoms with Crippen molar-refractivity contribution in [2.45, 2.75) is 34.2 Å². The van der Waals surface area contributed by atoms with E-state index < -0.39 is 0 Å². The molecule has 2 aromatic rings. The summed E-state index contributed by atoms with van der Waals surface area (Å²) in [4.78, 5) is 26.6. The van der Waals surface area contributed by atoms with Gasteiger partial charge >= 0.3 is 0 Å². The molecule has 1 aromatic carbocycles. The highest BCUT2D eigenvalue weighted by Crippen LogP contribution is 2.18. The Hall–Kier alpha value is -2.56. The van der Waals surface area contributed by atoms with Crippen molar-refractivity contribution < 1.29 is 9.53 Å². The number of ether oxygens (including phenoxy) is 1. The van der Waals surface area contributed by atoms with Gasteiger partial charge in [0.05, 0.1) is 0 Å². The van der Waals surface area contributed by atoms with Gasteiger partial charge in [-0.05, 0) is 56.5 Å². The average Bonchev–Trinajstić information content (AvgIpc) is 2.47. The van der Waals surface area contributed by atoms with Crippen LogP contribution in [0, 0.1) is 27.7 Å². The van der Waals surface area contributed by atoms with Crippen molar-refractivity contribution in [1.29, 1.82) is 0 Å². The highest BCUT2D eigenvalue weighted by molar-refractivity contribution is 5.77. The quantitative estimate of drug-likeness (QED) is 0.889. The van der Waals surface area contributed by atoms with E-state index in [1.165, 1.54) is 0 Å². The number of amides is 1. The molecule has 0 saturated carbocycles. The van der Waals surface area contributed by atoms with E-state index in [9.17, 15) is 9.59 Å². The van der Waals surface area contributed by atoms with E-state index in [4.69, 9.17) is 4.74 Å². The molecule has 1 amide bonds. The molecule has 0 aliphatic carbocycles. The van der Waals surface area contributed by atoms with Crippen LogP contribution in [0.3, 0.4) is 0 Å². The molecule has 0 aliphatic heterocycles. The van der Waals surface area contributed by atoms with Gasteiger partial charge in [-0.1, -0.05) is 12.1 Å². The van der Waals surface area contributed by atoms with Crippen molar-refractivity contribution in [2.24, 2.45) is 0 Å². The number of aromatic amines is 1. The van der Waals surface area contributed by atoms with Crippen LogP contribution in [0.25, 0.3) is 0 Å². The van der Waals surface area contributed by atoms with E-state index in [-0.39, 0.29) is 24.6 Å². The van der Waals surface area contributed by atoms with Crippen LogP contribution in [0.4, 0.5) is 0 Å². The number of benzene rings is 1. The molecular formula is C18H22N2O3. The molecular weight excluding hydrogens is 292 g/mol. The number of hydrogen-bond acceptors (Lipinski definition) is 3. The third-order valence-corrected chi connectivity index (χ3v) is 3.66. The highest BCUT2D eigenvalue weighted by Gasteiger charge is 2.09. The van der Waals surface area contributed by atoms with Crippen LogP contribution in [-0.4, -0.2) is 17.5 Å². The first kappa shape index (κ1) is 16.8. The number of aryl methyl sites for hydroxylation is 4. The van der Waals surface area contributed by atoms with Gasteiger partial charge in [0.1, 0.15) is 5.75 Å². The second kappa shape index (κ2) is 7.13. The third kappa shape index (κ3) is 4.45. The Morgan fingerprint density at radius 2 is 1.87 bits per heavy atom. The van der Waals surface area contributed by atoms with Crippen LogP contribution < -0.4 is 15.6 Å². The predicted octanol–water partition coefficient (Wildman–Crippen LogP) is 2.30. The molecule has 0 aliphatic rings. The smallest absolute Gasteiger partial charge is 0.258 e. The van der Waals surface area contributed by atoms with E-state index in [0.717, 1.165) is 22.4 Å². The average molecular weight is 314 g/mol. The summed E-state index contributed by atoms with van der Waals surface area (Å²) in [7, 11) is 0. The van der Waals surface area contributed by atoms with Gasteiger partial charge in [0.2, 0.25) is 0 Å². The molecule has 0 fully saturated rings. The van der Waals surface area contributed by atoms with Crippen molar-refractivity contribution in [3.05, 3.63) is 62.6 Å². The van der Waals surface area contributed by atoms with E-state index >= 15 is 0 Å². The molecule has 122 valence electrons. The molecule has 0 spiro atoms. The Balaban J connectivity index is 1.93. The first-order valence-corrected chi connectivity index (χ1v) is 7.53. The van der Waals surface area contributed by atoms with Crippen LogP contribution in [0.1, 0.15) is 27.9 Å². The van der Waals surface area contributed by atoms with Crippen molar-refractivity contribution in [3.63, 3.8) is 0 Å². The van der Waals surface area contributed by atoms with Crippen molar-refractivity contribution in [1.82, 2.24) is 10.3 Å². The monoisotopic (exact) mass is 314 g/mol. The maximum Gasteiger partial charge on any atom is 0.258 e. The van der Waals surface area contributed by atoms with Gasteiger partial charge < -0.3 is 15.0 Å². The number of rotatable bonds is 5. The Bertz CT molecular complexity index is 778. The van der Waals surface area contributed by atoms with Crippen molar-refractivity contribution in [3.8, 4) is 5.75 Å². The van der Waals surface area contributed by atoms with Crippen molar-refractivity contribution in [2.75, 3.05) is 6.61 Å². The van der Waals surface area contributed by atoms with Crippen LogP contribution >= 0.6 is 0 Å². The fraction of sp³-hybridized carbons (Fsp3) is 0.333. The van der Waals surface area contributed by atoms with E-state index in [1.807, 2.05) is 52.0 Å². The molecule has 2 N–H and O–H groups in total. The molecule has 0 atom stereocenters. The zero-order chi connectivity index (χ0) is 17.0. The minimum Gasteiger partial charge on any atom is -0.483 e. The number of carbonyl (C=O) groups excluding carboxylic acids is 1. The van der Waals surface area contributed by atoms with E-state index in [0.29, 0.717) is 11.3 Å². The lowest BCUT2D eigenvalue weighted by Gasteiger charge is -2.11. The molecule has 1 aromatic heterocycles. The molecule has 5 heteroatoms. The van der Waals surface area contributed by atoms with Crippen LogP contribution in [-0.2, 0) is 11.3 Å². The maximum absolute atomic E-state index is 11.9. The van der Waals surface area contributed by atoms with Gasteiger partial charge in [0.15, 0.2) is 6.61 Å². The number of nitrogens with one attached hydrogen (secondary N) is 2. The summed E-state index contributed by atoms with van der Waals surface area (Å²) in [5.74, 6) is 0.440.